The van der Waals surface area contributed by atoms with Crippen molar-refractivity contribution in [2.75, 3.05) is 6.61 Å². The largest absolute Gasteiger partial charge is 0.472 e. The van der Waals surface area contributed by atoms with Gasteiger partial charge in [0.25, 0.3) is 0 Å². The molecule has 1 fully saturated rings. The molecule has 11 heteroatoms. The summed E-state index contributed by atoms with van der Waals surface area (Å²) < 4.78 is 20.3. The second-order valence-electron chi connectivity index (χ2n) is 4.99. The number of carbonyl (C=O) groups excluding carboxylic acids is 1. The number of phosphoric acid groups is 1. The summed E-state index contributed by atoms with van der Waals surface area (Å²) in [4.78, 5) is 29.3. The van der Waals surface area contributed by atoms with Gasteiger partial charge in [0.2, 0.25) is 5.91 Å². The molecule has 1 saturated heterocycles. The van der Waals surface area contributed by atoms with Crippen molar-refractivity contribution in [2.24, 2.45) is 5.92 Å². The lowest BCUT2D eigenvalue weighted by atomic mass is 9.96. The Morgan fingerprint density at radius 2 is 1.90 bits per heavy atom. The van der Waals surface area contributed by atoms with Gasteiger partial charge in [-0.2, -0.15) is 0 Å². The zero-order valence-corrected chi connectivity index (χ0v) is 12.4. The molecule has 1 rings (SSSR count). The molecule has 0 radical (unpaired) electrons. The second kappa shape index (κ2) is 7.12. The minimum absolute atomic E-state index is 0.472. The lowest BCUT2D eigenvalue weighted by molar-refractivity contribution is -0.248. The summed E-state index contributed by atoms with van der Waals surface area (Å²) in [6, 6.07) is -1.40. The van der Waals surface area contributed by atoms with E-state index < -0.39 is 56.9 Å². The Hall–Kier alpha value is -0.580. The molecule has 0 unspecified atom stereocenters. The Kier molecular flexibility index (Phi) is 6.26. The third-order valence-electron chi connectivity index (χ3n) is 2.96. The Morgan fingerprint density at radius 3 is 2.33 bits per heavy atom. The van der Waals surface area contributed by atoms with Crippen LogP contribution in [0.15, 0.2) is 0 Å². The fourth-order valence-electron chi connectivity index (χ4n) is 1.79. The zero-order valence-electron chi connectivity index (χ0n) is 11.5. The van der Waals surface area contributed by atoms with Crippen molar-refractivity contribution >= 4 is 13.7 Å². The molecule has 5 atom stereocenters. The number of phosphoric ester groups is 1. The Bertz CT molecular complexity index is 411. The summed E-state index contributed by atoms with van der Waals surface area (Å²) >= 11 is 0. The van der Waals surface area contributed by atoms with E-state index in [9.17, 15) is 19.6 Å². The molecule has 0 spiro atoms. The van der Waals surface area contributed by atoms with Gasteiger partial charge in [-0.05, 0) is 0 Å². The van der Waals surface area contributed by atoms with Gasteiger partial charge in [0.05, 0.1) is 6.61 Å². The third kappa shape index (κ3) is 4.97. The van der Waals surface area contributed by atoms with Crippen LogP contribution in [0.4, 0.5) is 0 Å². The van der Waals surface area contributed by atoms with Crippen molar-refractivity contribution in [3.8, 4) is 0 Å². The second-order valence-corrected chi connectivity index (χ2v) is 6.18. The monoisotopic (exact) mass is 329 g/mol. The molecule has 6 N–H and O–H groups in total. The molecule has 0 saturated carbocycles. The lowest BCUT2D eigenvalue weighted by Gasteiger charge is -2.42. The molecule has 1 aliphatic rings. The summed E-state index contributed by atoms with van der Waals surface area (Å²) in [6.45, 7) is 2.43. The fraction of sp³-hybridized carbons (Fsp3) is 0.900. The Labute approximate surface area is 120 Å². The molecule has 0 bridgehead atoms. The number of aliphatic hydroxyl groups excluding tert-OH is 3. The minimum atomic E-state index is -4.97. The summed E-state index contributed by atoms with van der Waals surface area (Å²) in [5.74, 6) is -1.00. The predicted octanol–water partition coefficient (Wildman–Crippen LogP) is -2.32. The van der Waals surface area contributed by atoms with Crippen LogP contribution in [0.25, 0.3) is 0 Å². The fourth-order valence-corrected chi connectivity index (χ4v) is 2.24. The highest BCUT2D eigenvalue weighted by Gasteiger charge is 2.47. The van der Waals surface area contributed by atoms with Gasteiger partial charge in [0, 0.05) is 5.92 Å². The predicted molar refractivity (Wildman–Crippen MR) is 67.7 cm³/mol. The highest BCUT2D eigenvalue weighted by Crippen LogP contribution is 2.40. The number of hydrogen-bond donors (Lipinski definition) is 6. The normalized spacial score (nSPS) is 34.0. The molecule has 1 amide bonds. The van der Waals surface area contributed by atoms with Crippen LogP contribution in [0.1, 0.15) is 13.8 Å². The van der Waals surface area contributed by atoms with Gasteiger partial charge in [-0.15, -0.1) is 0 Å². The van der Waals surface area contributed by atoms with Crippen LogP contribution >= 0.6 is 7.82 Å². The minimum Gasteiger partial charge on any atom is -0.394 e. The molecule has 0 aliphatic carbocycles. The average Bonchev–Trinajstić information content (AvgIpc) is 2.36. The van der Waals surface area contributed by atoms with Gasteiger partial charge in [-0.3, -0.25) is 9.32 Å². The summed E-state index contributed by atoms with van der Waals surface area (Å²) in [6.07, 6.45) is -6.20. The molecular weight excluding hydrogens is 309 g/mol. The summed E-state index contributed by atoms with van der Waals surface area (Å²) in [7, 11) is -4.97. The molecule has 1 aliphatic heterocycles. The molecule has 0 aromatic rings. The van der Waals surface area contributed by atoms with E-state index >= 15 is 0 Å². The number of aliphatic hydroxyl groups is 3. The smallest absolute Gasteiger partial charge is 0.394 e. The zero-order chi connectivity index (χ0) is 16.4. The van der Waals surface area contributed by atoms with Crippen LogP contribution < -0.4 is 5.32 Å². The van der Waals surface area contributed by atoms with Crippen LogP contribution in [0.5, 0.6) is 0 Å². The first kappa shape index (κ1) is 18.5. The van der Waals surface area contributed by atoms with Crippen LogP contribution in [-0.4, -0.2) is 68.3 Å². The van der Waals surface area contributed by atoms with Gasteiger partial charge in [0.15, 0.2) is 6.29 Å². The van der Waals surface area contributed by atoms with Crippen molar-refractivity contribution < 1.29 is 43.7 Å². The quantitative estimate of drug-likeness (QED) is 0.303. The van der Waals surface area contributed by atoms with Crippen LogP contribution in [0, 0.1) is 5.92 Å². The van der Waals surface area contributed by atoms with Crippen LogP contribution in [0.2, 0.25) is 0 Å². The van der Waals surface area contributed by atoms with Gasteiger partial charge in [-0.25, -0.2) is 4.57 Å². The Morgan fingerprint density at radius 1 is 1.33 bits per heavy atom. The third-order valence-corrected chi connectivity index (χ3v) is 3.44. The van der Waals surface area contributed by atoms with E-state index in [1.165, 1.54) is 0 Å². The van der Waals surface area contributed by atoms with Gasteiger partial charge < -0.3 is 35.2 Å². The summed E-state index contributed by atoms with van der Waals surface area (Å²) in [5, 5.41) is 31.0. The number of hydrogen-bond acceptors (Lipinski definition) is 7. The van der Waals surface area contributed by atoms with Crippen molar-refractivity contribution in [3.05, 3.63) is 0 Å². The number of nitrogens with one attached hydrogen (secondary N) is 1. The van der Waals surface area contributed by atoms with Crippen LogP contribution in [0.3, 0.4) is 0 Å². The maximum Gasteiger partial charge on any atom is 0.472 e. The standard InChI is InChI=1S/C10H20NO9P/c1-4(2)9(15)11-6-8(14)7(13)5(3-12)19-10(6)20-21(16,17)18/h4-8,10,12-14H,3H2,1-2H3,(H,11,15)(H2,16,17,18)/t5-,6-,7-,8-,10-/m1/s1. The molecule has 124 valence electrons. The SMILES string of the molecule is CC(C)C(=O)N[C@H]1[C@@H](OP(=O)(O)O)O[C@H](CO)[C@@H](O)[C@@H]1O. The molecule has 21 heavy (non-hydrogen) atoms. The maximum absolute atomic E-state index is 11.7. The maximum atomic E-state index is 11.7. The first-order valence-electron chi connectivity index (χ1n) is 6.23. The topological polar surface area (TPSA) is 166 Å². The molecular formula is C10H20NO9P. The summed E-state index contributed by atoms with van der Waals surface area (Å²) in [5.41, 5.74) is 0. The number of rotatable bonds is 5. The highest BCUT2D eigenvalue weighted by molar-refractivity contribution is 7.46. The first-order valence-corrected chi connectivity index (χ1v) is 7.76. The van der Waals surface area contributed by atoms with E-state index in [4.69, 9.17) is 19.6 Å². The van der Waals surface area contributed by atoms with Gasteiger partial charge in [-0.1, -0.05) is 13.8 Å². The number of amides is 1. The van der Waals surface area contributed by atoms with Gasteiger partial charge in [0.1, 0.15) is 24.4 Å². The highest BCUT2D eigenvalue weighted by atomic mass is 31.2. The van der Waals surface area contributed by atoms with E-state index in [2.05, 4.69) is 9.84 Å². The molecule has 0 aromatic carbocycles. The average molecular weight is 329 g/mol. The van der Waals surface area contributed by atoms with Crippen molar-refractivity contribution in [1.82, 2.24) is 5.32 Å². The lowest BCUT2D eigenvalue weighted by Crippen LogP contribution is -2.64. The van der Waals surface area contributed by atoms with E-state index in [-0.39, 0.29) is 0 Å². The van der Waals surface area contributed by atoms with Crippen molar-refractivity contribution in [2.45, 2.75) is 44.5 Å². The van der Waals surface area contributed by atoms with Crippen LogP contribution in [-0.2, 0) is 18.6 Å². The van der Waals surface area contributed by atoms with E-state index in [0.29, 0.717) is 0 Å². The molecule has 0 aromatic heterocycles. The van der Waals surface area contributed by atoms with E-state index in [1.807, 2.05) is 0 Å². The van der Waals surface area contributed by atoms with E-state index in [1.54, 1.807) is 13.8 Å². The first-order chi connectivity index (χ1) is 9.56. The number of ether oxygens (including phenoxy) is 1. The Balaban J connectivity index is 2.95. The molecule has 10 nitrogen and oxygen atoms in total. The number of carbonyl (C=O) groups is 1. The van der Waals surface area contributed by atoms with Crippen molar-refractivity contribution in [1.29, 1.82) is 0 Å². The van der Waals surface area contributed by atoms with Crippen molar-refractivity contribution in [3.63, 3.8) is 0 Å². The van der Waals surface area contributed by atoms with Gasteiger partial charge >= 0.3 is 7.82 Å². The van der Waals surface area contributed by atoms with E-state index in [0.717, 1.165) is 0 Å². The molecule has 1 heterocycles.